The van der Waals surface area contributed by atoms with Gasteiger partial charge in [-0.2, -0.15) is 5.10 Å². The van der Waals surface area contributed by atoms with Crippen molar-refractivity contribution in [2.75, 3.05) is 11.4 Å². The third-order valence-corrected chi connectivity index (χ3v) is 4.69. The normalized spacial score (nSPS) is 11.2. The molecule has 0 saturated carbocycles. The van der Waals surface area contributed by atoms with Crippen molar-refractivity contribution in [3.05, 3.63) is 70.5 Å². The molecule has 2 aromatic heterocycles. The fourth-order valence-electron chi connectivity index (χ4n) is 3.35. The number of rotatable bonds is 4. The van der Waals surface area contributed by atoms with Gasteiger partial charge in [-0.05, 0) is 50.2 Å². The number of aromatic nitrogens is 2. The Morgan fingerprint density at radius 2 is 1.93 bits per heavy atom. The molecule has 0 fully saturated rings. The number of halogens is 1. The number of likely N-dealkylation sites (N-methyl/N-ethyl adjacent to an activating group) is 1. The Hall–Kier alpha value is -3.48. The van der Waals surface area contributed by atoms with Gasteiger partial charge in [0.25, 0.3) is 0 Å². The van der Waals surface area contributed by atoms with Gasteiger partial charge in [-0.3, -0.25) is 9.48 Å². The molecule has 1 amide bonds. The van der Waals surface area contributed by atoms with E-state index in [0.717, 1.165) is 10.9 Å². The third-order valence-electron chi connectivity index (χ3n) is 4.69. The number of anilines is 1. The summed E-state index contributed by atoms with van der Waals surface area (Å²) in [6.45, 7) is 4.15. The molecule has 0 aliphatic carbocycles. The summed E-state index contributed by atoms with van der Waals surface area (Å²) in [6, 6.07) is 11.3. The van der Waals surface area contributed by atoms with Crippen molar-refractivity contribution in [1.82, 2.24) is 9.78 Å². The molecule has 0 spiro atoms. The van der Waals surface area contributed by atoms with Crippen molar-refractivity contribution < 1.29 is 13.6 Å². The van der Waals surface area contributed by atoms with Crippen molar-refractivity contribution in [3.63, 3.8) is 0 Å². The van der Waals surface area contributed by atoms with E-state index in [1.165, 1.54) is 23.0 Å². The van der Waals surface area contributed by atoms with E-state index in [2.05, 4.69) is 5.10 Å². The quantitative estimate of drug-likeness (QED) is 0.508. The van der Waals surface area contributed by atoms with Crippen LogP contribution in [0.1, 0.15) is 12.5 Å². The van der Waals surface area contributed by atoms with Gasteiger partial charge >= 0.3 is 5.63 Å². The van der Waals surface area contributed by atoms with Crippen LogP contribution >= 0.6 is 0 Å². The monoisotopic (exact) mass is 379 g/mol. The highest BCUT2D eigenvalue weighted by atomic mass is 19.1. The number of hydrogen-bond acceptors (Lipinski definition) is 4. The van der Waals surface area contributed by atoms with E-state index >= 15 is 0 Å². The van der Waals surface area contributed by atoms with Gasteiger partial charge in [0.15, 0.2) is 0 Å². The predicted octanol–water partition coefficient (Wildman–Crippen LogP) is 3.64. The first-order chi connectivity index (χ1) is 13.5. The molecule has 0 aliphatic rings. The zero-order valence-corrected chi connectivity index (χ0v) is 15.5. The molecule has 2 heterocycles. The van der Waals surface area contributed by atoms with Crippen LogP contribution in [0.15, 0.2) is 57.9 Å². The minimum absolute atomic E-state index is 0.0544. The van der Waals surface area contributed by atoms with E-state index in [4.69, 9.17) is 4.42 Å². The Balaban J connectivity index is 1.78. The maximum atomic E-state index is 13.2. The highest BCUT2D eigenvalue weighted by Gasteiger charge is 2.19. The van der Waals surface area contributed by atoms with Crippen molar-refractivity contribution in [1.29, 1.82) is 0 Å². The van der Waals surface area contributed by atoms with Crippen LogP contribution in [0.5, 0.6) is 0 Å². The fourth-order valence-corrected chi connectivity index (χ4v) is 3.35. The molecule has 0 unspecified atom stereocenters. The molecule has 0 bridgehead atoms. The summed E-state index contributed by atoms with van der Waals surface area (Å²) >= 11 is 0. The van der Waals surface area contributed by atoms with Crippen molar-refractivity contribution >= 4 is 33.5 Å². The van der Waals surface area contributed by atoms with Gasteiger partial charge in [0.05, 0.1) is 11.7 Å². The first-order valence-corrected chi connectivity index (χ1v) is 8.93. The van der Waals surface area contributed by atoms with Crippen molar-refractivity contribution in [2.45, 2.75) is 20.4 Å². The lowest BCUT2D eigenvalue weighted by atomic mass is 10.1. The first-order valence-electron chi connectivity index (χ1n) is 8.93. The van der Waals surface area contributed by atoms with Crippen molar-refractivity contribution in [3.8, 4) is 0 Å². The molecule has 142 valence electrons. The van der Waals surface area contributed by atoms with Crippen LogP contribution in [-0.2, 0) is 11.3 Å². The zero-order chi connectivity index (χ0) is 19.8. The summed E-state index contributed by atoms with van der Waals surface area (Å²) in [5, 5.41) is 5.31. The standard InChI is InChI=1S/C21H18FN3O3/c1-3-24(15-7-5-14(22)6-8-15)19(26)12-25-20-16-10-13(2)4-9-18(16)28-21(27)17(20)11-23-25/h4-11H,3,12H2,1-2H3. The topological polar surface area (TPSA) is 68.3 Å². The molecule has 28 heavy (non-hydrogen) atoms. The highest BCUT2D eigenvalue weighted by molar-refractivity contribution is 6.03. The molecular weight excluding hydrogens is 361 g/mol. The van der Waals surface area contributed by atoms with Crippen LogP contribution in [0.4, 0.5) is 10.1 Å². The number of carbonyl (C=O) groups excluding carboxylic acids is 1. The van der Waals surface area contributed by atoms with E-state index in [-0.39, 0.29) is 18.3 Å². The van der Waals surface area contributed by atoms with Gasteiger partial charge in [-0.25, -0.2) is 9.18 Å². The van der Waals surface area contributed by atoms with E-state index < -0.39 is 5.63 Å². The van der Waals surface area contributed by atoms with E-state index in [1.54, 1.807) is 23.1 Å². The SMILES string of the molecule is CCN(C(=O)Cn1ncc2c(=O)oc3ccc(C)cc3c21)c1ccc(F)cc1. The third kappa shape index (κ3) is 3.05. The van der Waals surface area contributed by atoms with Gasteiger partial charge < -0.3 is 9.32 Å². The van der Waals surface area contributed by atoms with Crippen LogP contribution in [-0.4, -0.2) is 22.2 Å². The van der Waals surface area contributed by atoms with Crippen LogP contribution in [0.3, 0.4) is 0 Å². The average molecular weight is 379 g/mol. The Kier molecular flexibility index (Phi) is 4.43. The molecular formula is C21H18FN3O3. The van der Waals surface area contributed by atoms with Gasteiger partial charge in [0, 0.05) is 17.6 Å². The van der Waals surface area contributed by atoms with Crippen LogP contribution in [0, 0.1) is 12.7 Å². The van der Waals surface area contributed by atoms with Gasteiger partial charge in [-0.15, -0.1) is 0 Å². The summed E-state index contributed by atoms with van der Waals surface area (Å²) in [7, 11) is 0. The van der Waals surface area contributed by atoms with E-state index in [0.29, 0.717) is 28.7 Å². The Bertz CT molecular complexity index is 1240. The number of hydrogen-bond donors (Lipinski definition) is 0. The van der Waals surface area contributed by atoms with Crippen LogP contribution < -0.4 is 10.5 Å². The van der Waals surface area contributed by atoms with Crippen LogP contribution in [0.2, 0.25) is 0 Å². The molecule has 2 aromatic carbocycles. The summed E-state index contributed by atoms with van der Waals surface area (Å²) in [5.41, 5.74) is 2.13. The second-order valence-electron chi connectivity index (χ2n) is 6.57. The largest absolute Gasteiger partial charge is 0.422 e. The fraction of sp³-hybridized carbons (Fsp3) is 0.190. The molecule has 0 N–H and O–H groups in total. The minimum Gasteiger partial charge on any atom is -0.422 e. The average Bonchev–Trinajstić information content (AvgIpc) is 3.09. The van der Waals surface area contributed by atoms with Crippen LogP contribution in [0.25, 0.3) is 21.9 Å². The second kappa shape index (κ2) is 6.92. The molecule has 0 saturated heterocycles. The maximum Gasteiger partial charge on any atom is 0.347 e. The summed E-state index contributed by atoms with van der Waals surface area (Å²) in [4.78, 5) is 26.7. The maximum absolute atomic E-state index is 13.2. The minimum atomic E-state index is -0.490. The van der Waals surface area contributed by atoms with Crippen molar-refractivity contribution in [2.24, 2.45) is 0 Å². The number of aryl methyl sites for hydroxylation is 1. The highest BCUT2D eigenvalue weighted by Crippen LogP contribution is 2.24. The number of amides is 1. The summed E-state index contributed by atoms with van der Waals surface area (Å²) in [6.07, 6.45) is 1.42. The summed E-state index contributed by atoms with van der Waals surface area (Å²) < 4.78 is 20.1. The van der Waals surface area contributed by atoms with E-state index in [1.807, 2.05) is 26.0 Å². The summed E-state index contributed by atoms with van der Waals surface area (Å²) in [5.74, 6) is -0.577. The number of carbonyl (C=O) groups is 1. The zero-order valence-electron chi connectivity index (χ0n) is 15.5. The first kappa shape index (κ1) is 17.9. The molecule has 6 nitrogen and oxygen atoms in total. The van der Waals surface area contributed by atoms with Gasteiger partial charge in [0.1, 0.15) is 23.3 Å². The Labute approximate surface area is 159 Å². The molecule has 0 radical (unpaired) electrons. The number of fused-ring (bicyclic) bond motifs is 3. The number of nitrogens with zero attached hydrogens (tertiary/aromatic N) is 3. The Morgan fingerprint density at radius 1 is 1.18 bits per heavy atom. The second-order valence-corrected chi connectivity index (χ2v) is 6.57. The molecule has 0 aliphatic heterocycles. The molecule has 4 aromatic rings. The van der Waals surface area contributed by atoms with E-state index in [9.17, 15) is 14.0 Å². The van der Waals surface area contributed by atoms with Gasteiger partial charge in [-0.1, -0.05) is 11.6 Å². The number of benzene rings is 2. The lowest BCUT2D eigenvalue weighted by molar-refractivity contribution is -0.119. The molecule has 7 heteroatoms. The lowest BCUT2D eigenvalue weighted by Gasteiger charge is -2.21. The smallest absolute Gasteiger partial charge is 0.347 e. The molecule has 0 atom stereocenters. The molecule has 4 rings (SSSR count). The lowest BCUT2D eigenvalue weighted by Crippen LogP contribution is -2.34. The predicted molar refractivity (Wildman–Crippen MR) is 105 cm³/mol. The Morgan fingerprint density at radius 3 is 2.64 bits per heavy atom. The van der Waals surface area contributed by atoms with Gasteiger partial charge in [0.2, 0.25) is 5.91 Å².